The first-order chi connectivity index (χ1) is 12.8. The molecule has 0 bridgehead atoms. The van der Waals surface area contributed by atoms with Crippen molar-refractivity contribution in [2.45, 2.75) is 31.0 Å². The summed E-state index contributed by atoms with van der Waals surface area (Å²) in [7, 11) is 0. The molecule has 0 amide bonds. The zero-order valence-electron chi connectivity index (χ0n) is 14.1. The molecule has 4 heterocycles. The van der Waals surface area contributed by atoms with E-state index in [2.05, 4.69) is 15.0 Å². The Morgan fingerprint density at radius 1 is 1.04 bits per heavy atom. The van der Waals surface area contributed by atoms with E-state index in [0.29, 0.717) is 13.2 Å². The molecule has 0 aliphatic carbocycles. The van der Waals surface area contributed by atoms with E-state index >= 15 is 0 Å². The van der Waals surface area contributed by atoms with Crippen molar-refractivity contribution in [3.63, 3.8) is 0 Å². The van der Waals surface area contributed by atoms with Gasteiger partial charge in [-0.2, -0.15) is 4.98 Å². The molecule has 2 fully saturated rings. The largest absolute Gasteiger partial charge is 0.371 e. The Morgan fingerprint density at radius 3 is 2.81 bits per heavy atom. The Kier molecular flexibility index (Phi) is 3.81. The van der Waals surface area contributed by atoms with E-state index in [1.54, 1.807) is 12.5 Å². The van der Waals surface area contributed by atoms with Crippen LogP contribution >= 0.6 is 0 Å². The lowest BCUT2D eigenvalue weighted by Crippen LogP contribution is -2.47. The highest BCUT2D eigenvalue weighted by Gasteiger charge is 2.39. The van der Waals surface area contributed by atoms with Crippen molar-refractivity contribution in [3.8, 4) is 0 Å². The zero-order chi connectivity index (χ0) is 17.5. The van der Waals surface area contributed by atoms with E-state index in [1.807, 2.05) is 34.9 Å². The van der Waals surface area contributed by atoms with Crippen molar-refractivity contribution in [1.29, 1.82) is 0 Å². The average molecular weight is 353 g/mol. The first-order valence-corrected chi connectivity index (χ1v) is 8.66. The molecule has 1 aromatic carbocycles. The molecule has 4 atom stereocenters. The number of anilines is 1. The highest BCUT2D eigenvalue weighted by molar-refractivity contribution is 5.70. The second-order valence-electron chi connectivity index (χ2n) is 6.60. The number of benzene rings is 1. The third kappa shape index (κ3) is 2.72. The van der Waals surface area contributed by atoms with Gasteiger partial charge >= 0.3 is 0 Å². The van der Waals surface area contributed by atoms with Gasteiger partial charge in [0.05, 0.1) is 37.9 Å². The molecule has 26 heavy (non-hydrogen) atoms. The molecule has 5 rings (SSSR count). The van der Waals surface area contributed by atoms with E-state index < -0.39 is 0 Å². The van der Waals surface area contributed by atoms with Crippen LogP contribution in [0.3, 0.4) is 0 Å². The SMILES string of the molecule is Nc1ncc2ncn([C@@H]3CO[C@@H]4COC(c5ccccc5)O[C@H]4C3)c2n1. The fourth-order valence-corrected chi connectivity index (χ4v) is 3.59. The number of hydrogen-bond acceptors (Lipinski definition) is 7. The minimum atomic E-state index is -0.364. The van der Waals surface area contributed by atoms with Gasteiger partial charge in [-0.3, -0.25) is 0 Å². The van der Waals surface area contributed by atoms with Crippen LogP contribution in [0.4, 0.5) is 5.95 Å². The summed E-state index contributed by atoms with van der Waals surface area (Å²) in [5, 5.41) is 0. The van der Waals surface area contributed by atoms with Crippen molar-refractivity contribution < 1.29 is 14.2 Å². The fraction of sp³-hybridized carbons (Fsp3) is 0.389. The number of imidazole rings is 1. The summed E-state index contributed by atoms with van der Waals surface area (Å²) < 4.78 is 20.1. The van der Waals surface area contributed by atoms with Gasteiger partial charge in [-0.15, -0.1) is 0 Å². The molecule has 0 radical (unpaired) electrons. The maximum absolute atomic E-state index is 6.20. The van der Waals surface area contributed by atoms with Gasteiger partial charge in [0, 0.05) is 5.56 Å². The molecule has 8 nitrogen and oxygen atoms in total. The van der Waals surface area contributed by atoms with E-state index in [0.717, 1.165) is 23.1 Å². The average Bonchev–Trinajstić information content (AvgIpc) is 3.11. The van der Waals surface area contributed by atoms with Gasteiger partial charge in [0.15, 0.2) is 11.9 Å². The standard InChI is InChI=1S/C18H19N5O3/c19-18-20-7-13-16(22-18)23(10-21-13)12-6-14-15(24-8-12)9-25-17(26-14)11-4-2-1-3-5-11/h1-5,7,10,12,14-15,17H,6,8-9H2,(H2,19,20,22)/t12-,14-,15+,17?/m0/s1. The summed E-state index contributed by atoms with van der Waals surface area (Å²) in [5.74, 6) is 0.236. The number of nitrogens with two attached hydrogens (primary N) is 1. The zero-order valence-corrected chi connectivity index (χ0v) is 14.1. The van der Waals surface area contributed by atoms with Crippen LogP contribution in [-0.2, 0) is 14.2 Å². The smallest absolute Gasteiger partial charge is 0.222 e. The predicted molar refractivity (Wildman–Crippen MR) is 93.1 cm³/mol. The lowest BCUT2D eigenvalue weighted by atomic mass is 10.0. The van der Waals surface area contributed by atoms with Gasteiger partial charge < -0.3 is 24.5 Å². The Bertz CT molecular complexity index is 916. The second kappa shape index (κ2) is 6.31. The Labute approximate surface area is 149 Å². The van der Waals surface area contributed by atoms with Crippen molar-refractivity contribution in [1.82, 2.24) is 19.5 Å². The van der Waals surface area contributed by atoms with Crippen molar-refractivity contribution >= 4 is 17.1 Å². The van der Waals surface area contributed by atoms with E-state index in [-0.39, 0.29) is 30.5 Å². The highest BCUT2D eigenvalue weighted by atomic mass is 16.7. The second-order valence-corrected chi connectivity index (χ2v) is 6.60. The van der Waals surface area contributed by atoms with Gasteiger partial charge in [0.25, 0.3) is 0 Å². The van der Waals surface area contributed by atoms with Crippen LogP contribution in [-0.4, -0.2) is 44.9 Å². The molecule has 2 aliphatic rings. The number of hydrogen-bond donors (Lipinski definition) is 1. The molecule has 0 saturated carbocycles. The molecule has 2 aliphatic heterocycles. The maximum Gasteiger partial charge on any atom is 0.222 e. The molecule has 2 saturated heterocycles. The van der Waals surface area contributed by atoms with E-state index in [9.17, 15) is 0 Å². The van der Waals surface area contributed by atoms with Crippen molar-refractivity contribution in [3.05, 3.63) is 48.4 Å². The third-order valence-corrected chi connectivity index (χ3v) is 4.93. The van der Waals surface area contributed by atoms with Crippen LogP contribution in [0.2, 0.25) is 0 Å². The van der Waals surface area contributed by atoms with Crippen LogP contribution in [0, 0.1) is 0 Å². The number of nitrogen functional groups attached to an aromatic ring is 1. The van der Waals surface area contributed by atoms with Crippen molar-refractivity contribution in [2.75, 3.05) is 18.9 Å². The molecule has 3 aromatic rings. The summed E-state index contributed by atoms with van der Waals surface area (Å²) in [5.41, 5.74) is 8.19. The Morgan fingerprint density at radius 2 is 1.92 bits per heavy atom. The first kappa shape index (κ1) is 15.7. The monoisotopic (exact) mass is 353 g/mol. The first-order valence-electron chi connectivity index (χ1n) is 8.66. The van der Waals surface area contributed by atoms with Crippen LogP contribution < -0.4 is 5.73 Å². The van der Waals surface area contributed by atoms with Gasteiger partial charge in [0.2, 0.25) is 5.95 Å². The molecule has 0 spiro atoms. The number of ether oxygens (including phenoxy) is 3. The molecule has 2 N–H and O–H groups in total. The predicted octanol–water partition coefficient (Wildman–Crippen LogP) is 1.85. The minimum absolute atomic E-state index is 0.0515. The third-order valence-electron chi connectivity index (χ3n) is 4.93. The van der Waals surface area contributed by atoms with Gasteiger partial charge in [-0.1, -0.05) is 30.3 Å². The number of fused-ring (bicyclic) bond motifs is 2. The quantitative estimate of drug-likeness (QED) is 0.751. The molecular formula is C18H19N5O3. The van der Waals surface area contributed by atoms with Crippen LogP contribution in [0.25, 0.3) is 11.2 Å². The Hall–Kier alpha value is -2.55. The fourth-order valence-electron chi connectivity index (χ4n) is 3.59. The van der Waals surface area contributed by atoms with Crippen LogP contribution in [0.15, 0.2) is 42.9 Å². The number of nitrogens with zero attached hydrogens (tertiary/aromatic N) is 4. The van der Waals surface area contributed by atoms with Crippen LogP contribution in [0.1, 0.15) is 24.3 Å². The topological polar surface area (TPSA) is 97.3 Å². The lowest BCUT2D eigenvalue weighted by molar-refractivity contribution is -0.282. The summed E-state index contributed by atoms with van der Waals surface area (Å²) in [4.78, 5) is 12.7. The van der Waals surface area contributed by atoms with E-state index in [4.69, 9.17) is 19.9 Å². The number of rotatable bonds is 2. The molecule has 134 valence electrons. The minimum Gasteiger partial charge on any atom is -0.371 e. The summed E-state index contributed by atoms with van der Waals surface area (Å²) in [6.07, 6.45) is 3.73. The normalized spacial score (nSPS) is 28.8. The van der Waals surface area contributed by atoms with Crippen molar-refractivity contribution in [2.24, 2.45) is 0 Å². The molecular weight excluding hydrogens is 334 g/mol. The summed E-state index contributed by atoms with van der Waals surface area (Å²) in [6, 6.07) is 10.0. The van der Waals surface area contributed by atoms with Gasteiger partial charge in [-0.05, 0) is 6.42 Å². The molecule has 8 heteroatoms. The summed E-state index contributed by atoms with van der Waals surface area (Å²) in [6.45, 7) is 1.08. The van der Waals surface area contributed by atoms with E-state index in [1.165, 1.54) is 0 Å². The van der Waals surface area contributed by atoms with Crippen LogP contribution in [0.5, 0.6) is 0 Å². The van der Waals surface area contributed by atoms with Gasteiger partial charge in [-0.25, -0.2) is 9.97 Å². The Balaban J connectivity index is 1.38. The molecule has 1 unspecified atom stereocenters. The lowest BCUT2D eigenvalue weighted by Gasteiger charge is -2.42. The maximum atomic E-state index is 6.20. The molecule has 2 aromatic heterocycles. The van der Waals surface area contributed by atoms with Gasteiger partial charge in [0.1, 0.15) is 11.6 Å². The highest BCUT2D eigenvalue weighted by Crippen LogP contribution is 2.35. The number of aromatic nitrogens is 4. The summed E-state index contributed by atoms with van der Waals surface area (Å²) >= 11 is 0.